The first-order valence-electron chi connectivity index (χ1n) is 4.91. The second-order valence-electron chi connectivity index (χ2n) is 3.56. The lowest BCUT2D eigenvalue weighted by Crippen LogP contribution is -2.22. The molecule has 0 unspecified atom stereocenters. The van der Waals surface area contributed by atoms with Crippen LogP contribution in [0.2, 0.25) is 0 Å². The van der Waals surface area contributed by atoms with E-state index in [0.29, 0.717) is 11.4 Å². The van der Waals surface area contributed by atoms with Gasteiger partial charge in [-0.05, 0) is 28.1 Å². The summed E-state index contributed by atoms with van der Waals surface area (Å²) in [5, 5.41) is 3.95. The van der Waals surface area contributed by atoms with Crippen LogP contribution in [0.15, 0.2) is 26.3 Å². The standard InChI is InChI=1S/C9H11BrN4O2S2/c1-14-9(11)6(4-12-14)5-13-18(15,16)8-3-2-7(10)17-8/h2-4,13H,5,11H2,1H3. The number of nitrogens with zero attached hydrogens (tertiary/aromatic N) is 2. The lowest BCUT2D eigenvalue weighted by molar-refractivity contribution is 0.583. The summed E-state index contributed by atoms with van der Waals surface area (Å²) in [5.74, 6) is 0.449. The molecule has 0 aromatic carbocycles. The molecule has 0 aliphatic heterocycles. The Bertz CT molecular complexity index is 662. The van der Waals surface area contributed by atoms with Gasteiger partial charge in [0.25, 0.3) is 0 Å². The molecule has 2 aromatic rings. The van der Waals surface area contributed by atoms with Crippen LogP contribution in [0.3, 0.4) is 0 Å². The number of thiophene rings is 1. The normalized spacial score (nSPS) is 11.9. The smallest absolute Gasteiger partial charge is 0.250 e. The molecular formula is C9H11BrN4O2S2. The van der Waals surface area contributed by atoms with Crippen molar-refractivity contribution in [3.8, 4) is 0 Å². The first-order valence-corrected chi connectivity index (χ1v) is 8.01. The SMILES string of the molecule is Cn1ncc(CNS(=O)(=O)c2ccc(Br)s2)c1N. The summed E-state index contributed by atoms with van der Waals surface area (Å²) in [7, 11) is -1.80. The van der Waals surface area contributed by atoms with Crippen molar-refractivity contribution < 1.29 is 8.42 Å². The van der Waals surface area contributed by atoms with Crippen LogP contribution >= 0.6 is 27.3 Å². The Labute approximate surface area is 117 Å². The largest absolute Gasteiger partial charge is 0.384 e. The fraction of sp³-hybridized carbons (Fsp3) is 0.222. The zero-order chi connectivity index (χ0) is 13.3. The van der Waals surface area contributed by atoms with E-state index in [0.717, 1.165) is 15.1 Å². The highest BCUT2D eigenvalue weighted by atomic mass is 79.9. The molecule has 0 aliphatic carbocycles. The fourth-order valence-corrected chi connectivity index (χ4v) is 4.38. The van der Waals surface area contributed by atoms with E-state index in [1.807, 2.05) is 0 Å². The summed E-state index contributed by atoms with van der Waals surface area (Å²) >= 11 is 4.38. The third kappa shape index (κ3) is 2.74. The van der Waals surface area contributed by atoms with Crippen molar-refractivity contribution in [3.05, 3.63) is 27.7 Å². The van der Waals surface area contributed by atoms with E-state index in [4.69, 9.17) is 5.73 Å². The van der Waals surface area contributed by atoms with E-state index in [2.05, 4.69) is 25.8 Å². The molecule has 9 heteroatoms. The lowest BCUT2D eigenvalue weighted by Gasteiger charge is -2.04. The number of halogens is 1. The van der Waals surface area contributed by atoms with Crippen molar-refractivity contribution in [2.45, 2.75) is 10.8 Å². The number of hydrogen-bond donors (Lipinski definition) is 2. The molecule has 2 aromatic heterocycles. The van der Waals surface area contributed by atoms with Gasteiger partial charge in [-0.2, -0.15) is 5.10 Å². The van der Waals surface area contributed by atoms with Gasteiger partial charge >= 0.3 is 0 Å². The summed E-state index contributed by atoms with van der Waals surface area (Å²) in [6, 6.07) is 3.24. The maximum Gasteiger partial charge on any atom is 0.250 e. The zero-order valence-electron chi connectivity index (χ0n) is 9.42. The van der Waals surface area contributed by atoms with Gasteiger partial charge in [-0.25, -0.2) is 13.1 Å². The molecule has 2 heterocycles. The minimum atomic E-state index is -3.50. The monoisotopic (exact) mass is 350 g/mol. The number of aryl methyl sites for hydroxylation is 1. The second kappa shape index (κ2) is 5.00. The Kier molecular flexibility index (Phi) is 3.76. The molecule has 98 valence electrons. The zero-order valence-corrected chi connectivity index (χ0v) is 12.6. The predicted molar refractivity (Wildman–Crippen MR) is 73.7 cm³/mol. The van der Waals surface area contributed by atoms with E-state index < -0.39 is 10.0 Å². The molecule has 0 spiro atoms. The van der Waals surface area contributed by atoms with Gasteiger partial charge in [0.05, 0.1) is 9.98 Å². The van der Waals surface area contributed by atoms with Crippen molar-refractivity contribution in [2.24, 2.45) is 7.05 Å². The Morgan fingerprint density at radius 2 is 2.28 bits per heavy atom. The minimum absolute atomic E-state index is 0.123. The van der Waals surface area contributed by atoms with Gasteiger partial charge in [0, 0.05) is 19.2 Å². The first kappa shape index (κ1) is 13.5. The topological polar surface area (TPSA) is 90.0 Å². The van der Waals surface area contributed by atoms with Crippen LogP contribution < -0.4 is 10.5 Å². The number of nitrogens with one attached hydrogen (secondary N) is 1. The molecule has 0 radical (unpaired) electrons. The van der Waals surface area contributed by atoms with Crippen molar-refractivity contribution in [2.75, 3.05) is 5.73 Å². The van der Waals surface area contributed by atoms with Crippen LogP contribution in [0.25, 0.3) is 0 Å². The number of nitrogen functional groups attached to an aromatic ring is 1. The van der Waals surface area contributed by atoms with Crippen LogP contribution in [0.4, 0.5) is 5.82 Å². The minimum Gasteiger partial charge on any atom is -0.384 e. The van der Waals surface area contributed by atoms with E-state index in [-0.39, 0.29) is 10.8 Å². The van der Waals surface area contributed by atoms with Crippen molar-refractivity contribution >= 4 is 43.1 Å². The van der Waals surface area contributed by atoms with Crippen LogP contribution in [-0.2, 0) is 23.6 Å². The molecule has 0 saturated carbocycles. The van der Waals surface area contributed by atoms with Gasteiger partial charge in [-0.1, -0.05) is 0 Å². The van der Waals surface area contributed by atoms with Gasteiger partial charge in [0.15, 0.2) is 0 Å². The van der Waals surface area contributed by atoms with Gasteiger partial charge in [-0.15, -0.1) is 11.3 Å². The molecule has 0 amide bonds. The van der Waals surface area contributed by atoms with Crippen LogP contribution in [-0.4, -0.2) is 18.2 Å². The summed E-state index contributed by atoms with van der Waals surface area (Å²) in [5.41, 5.74) is 6.39. The van der Waals surface area contributed by atoms with Gasteiger partial charge in [-0.3, -0.25) is 4.68 Å². The molecule has 0 bridgehead atoms. The average Bonchev–Trinajstić information content (AvgIpc) is 2.86. The van der Waals surface area contributed by atoms with E-state index in [9.17, 15) is 8.42 Å². The summed E-state index contributed by atoms with van der Waals surface area (Å²) in [4.78, 5) is 0. The van der Waals surface area contributed by atoms with Crippen LogP contribution in [0.5, 0.6) is 0 Å². The van der Waals surface area contributed by atoms with Crippen LogP contribution in [0, 0.1) is 0 Å². The first-order chi connectivity index (χ1) is 8.40. The third-order valence-electron chi connectivity index (χ3n) is 2.33. The maximum atomic E-state index is 11.9. The molecule has 2 rings (SSSR count). The molecule has 0 aliphatic rings. The highest BCUT2D eigenvalue weighted by molar-refractivity contribution is 9.11. The molecule has 0 saturated heterocycles. The number of aromatic nitrogens is 2. The number of sulfonamides is 1. The number of rotatable bonds is 4. The highest BCUT2D eigenvalue weighted by Crippen LogP contribution is 2.26. The van der Waals surface area contributed by atoms with E-state index in [1.54, 1.807) is 25.4 Å². The van der Waals surface area contributed by atoms with Gasteiger partial charge < -0.3 is 5.73 Å². The number of hydrogen-bond acceptors (Lipinski definition) is 5. The Hall–Kier alpha value is -0.900. The van der Waals surface area contributed by atoms with Gasteiger partial charge in [0.2, 0.25) is 10.0 Å². The number of anilines is 1. The second-order valence-corrected chi connectivity index (χ2v) is 8.02. The Morgan fingerprint density at radius 1 is 1.56 bits per heavy atom. The highest BCUT2D eigenvalue weighted by Gasteiger charge is 2.17. The van der Waals surface area contributed by atoms with Crippen molar-refractivity contribution in [1.29, 1.82) is 0 Å². The molecular weight excluding hydrogens is 340 g/mol. The summed E-state index contributed by atoms with van der Waals surface area (Å²) < 4.78 is 28.9. The Balaban J connectivity index is 2.13. The number of nitrogens with two attached hydrogens (primary N) is 1. The van der Waals surface area contributed by atoms with Crippen molar-refractivity contribution in [3.63, 3.8) is 0 Å². The fourth-order valence-electron chi connectivity index (χ4n) is 1.31. The molecule has 6 nitrogen and oxygen atoms in total. The van der Waals surface area contributed by atoms with E-state index >= 15 is 0 Å². The van der Waals surface area contributed by atoms with Crippen LogP contribution in [0.1, 0.15) is 5.56 Å². The third-order valence-corrected chi connectivity index (χ3v) is 5.85. The molecule has 0 atom stereocenters. The summed E-state index contributed by atoms with van der Waals surface area (Å²) in [6.45, 7) is 0.123. The Morgan fingerprint density at radius 3 is 2.78 bits per heavy atom. The predicted octanol–water partition coefficient (Wildman–Crippen LogP) is 1.30. The van der Waals surface area contributed by atoms with E-state index in [1.165, 1.54) is 4.68 Å². The summed E-state index contributed by atoms with van der Waals surface area (Å²) in [6.07, 6.45) is 1.54. The van der Waals surface area contributed by atoms with Gasteiger partial charge in [0.1, 0.15) is 10.0 Å². The maximum absolute atomic E-state index is 11.9. The average molecular weight is 351 g/mol. The molecule has 18 heavy (non-hydrogen) atoms. The molecule has 3 N–H and O–H groups in total. The lowest BCUT2D eigenvalue weighted by atomic mass is 10.3. The molecule has 0 fully saturated rings. The quantitative estimate of drug-likeness (QED) is 0.869. The van der Waals surface area contributed by atoms with Crippen molar-refractivity contribution in [1.82, 2.24) is 14.5 Å².